The highest BCUT2D eigenvalue weighted by molar-refractivity contribution is 9.10. The molecule has 0 saturated heterocycles. The third kappa shape index (κ3) is 6.04. The van der Waals surface area contributed by atoms with Crippen LogP contribution in [0.25, 0.3) is 131 Å². The average molecular weight is 988 g/mol. The maximum atomic E-state index is 10.3. The molecule has 7 heterocycles. The lowest BCUT2D eigenvalue weighted by atomic mass is 10.1. The Morgan fingerprint density at radius 1 is 0.444 bits per heavy atom. The zero-order chi connectivity index (χ0) is 48.2. The molecule has 7 aromatic heterocycles. The van der Waals surface area contributed by atoms with Crippen molar-refractivity contribution in [2.24, 2.45) is 0 Å². The maximum Gasteiger partial charge on any atom is 0.188 e. The Morgan fingerprint density at radius 3 is 1.46 bits per heavy atom. The van der Waals surface area contributed by atoms with Gasteiger partial charge >= 0.3 is 0 Å². The fourth-order valence-electron chi connectivity index (χ4n) is 10.8. The number of hydrogen-bond acceptors (Lipinski definition) is 6. The minimum Gasteiger partial charge on any atom is -0.454 e. The van der Waals surface area contributed by atoms with Gasteiger partial charge in [0.05, 0.1) is 73.7 Å². The van der Waals surface area contributed by atoms with E-state index < -0.39 is 0 Å². The van der Waals surface area contributed by atoms with Gasteiger partial charge in [-0.25, -0.2) is 4.85 Å². The molecule has 0 aliphatic rings. The Balaban J connectivity index is 0.000000144. The maximum absolute atomic E-state index is 10.3. The van der Waals surface area contributed by atoms with Crippen LogP contribution in [0.2, 0.25) is 0 Å². The third-order valence-electron chi connectivity index (χ3n) is 13.7. The van der Waals surface area contributed by atoms with Gasteiger partial charge in [-0.15, -0.1) is 0 Å². The molecule has 0 bridgehead atoms. The molecule has 0 aliphatic carbocycles. The van der Waals surface area contributed by atoms with Crippen molar-refractivity contribution in [3.8, 4) is 29.2 Å². The van der Waals surface area contributed by atoms with Gasteiger partial charge in [-0.05, 0) is 121 Å². The number of furan rings is 2. The molecule has 72 heavy (non-hydrogen) atoms. The lowest BCUT2D eigenvalue weighted by molar-refractivity contribution is 0.668. The number of nitrogens with zero attached hydrogens (tertiary/aromatic N) is 8. The normalized spacial score (nSPS) is 11.6. The number of pyridine rings is 2. The topological polar surface area (TPSA) is 119 Å². The minimum absolute atomic E-state index is 0.546. The smallest absolute Gasteiger partial charge is 0.188 e. The Kier molecular flexibility index (Phi) is 8.99. The molecule has 0 radical (unpaired) electrons. The second-order valence-electron chi connectivity index (χ2n) is 17.6. The molecular weight excluding hydrogens is 957 g/mol. The van der Waals surface area contributed by atoms with Gasteiger partial charge < -0.3 is 22.5 Å². The summed E-state index contributed by atoms with van der Waals surface area (Å²) in [7, 11) is 0. The summed E-state index contributed by atoms with van der Waals surface area (Å²) < 4.78 is 19.8. The Hall–Kier alpha value is -9.99. The lowest BCUT2D eigenvalue weighted by Gasteiger charge is -2.14. The molecule has 0 N–H and O–H groups in total. The quantitative estimate of drug-likeness (QED) is 0.163. The van der Waals surface area contributed by atoms with E-state index in [1.165, 1.54) is 0 Å². The molecule has 11 heteroatoms. The molecule has 0 aliphatic heterocycles. The number of hydrogen-bond donors (Lipinski definition) is 0. The summed E-state index contributed by atoms with van der Waals surface area (Å²) in [5.41, 5.74) is 15.2. The molecule has 15 rings (SSSR count). The zero-order valence-electron chi connectivity index (χ0n) is 37.7. The Morgan fingerprint density at radius 2 is 0.917 bits per heavy atom. The van der Waals surface area contributed by atoms with Crippen molar-refractivity contribution in [2.75, 3.05) is 0 Å². The molecule has 10 nitrogen and oxygen atoms in total. The van der Waals surface area contributed by atoms with Gasteiger partial charge in [-0.1, -0.05) is 76.6 Å². The summed E-state index contributed by atoms with van der Waals surface area (Å²) in [4.78, 5) is 13.0. The second kappa shape index (κ2) is 15.8. The summed E-state index contributed by atoms with van der Waals surface area (Å²) in [5, 5.41) is 28.2. The highest BCUT2D eigenvalue weighted by atomic mass is 79.9. The number of halogens is 1. The van der Waals surface area contributed by atoms with Gasteiger partial charge in [-0.2, -0.15) is 10.5 Å². The van der Waals surface area contributed by atoms with E-state index in [1.54, 1.807) is 12.4 Å². The molecule has 0 fully saturated rings. The van der Waals surface area contributed by atoms with Crippen molar-refractivity contribution in [3.05, 3.63) is 215 Å². The van der Waals surface area contributed by atoms with E-state index >= 15 is 0 Å². The zero-order valence-corrected chi connectivity index (χ0v) is 39.3. The minimum atomic E-state index is 0.546. The molecule has 0 saturated carbocycles. The van der Waals surface area contributed by atoms with Crippen molar-refractivity contribution >= 4 is 131 Å². The van der Waals surface area contributed by atoms with Crippen LogP contribution in [0.4, 0.5) is 5.69 Å². The lowest BCUT2D eigenvalue weighted by Crippen LogP contribution is -2.00. The average Bonchev–Trinajstić information content (AvgIpc) is 4.24. The number of aromatic nitrogens is 5. The number of fused-ring (bicyclic) bond motifs is 17. The van der Waals surface area contributed by atoms with Crippen molar-refractivity contribution in [3.63, 3.8) is 0 Å². The van der Waals surface area contributed by atoms with Gasteiger partial charge in [0.2, 0.25) is 0 Å². The fraction of sp³-hybridized carbons (Fsp3) is 0. The molecule has 0 atom stereocenters. The number of nitriles is 2. The largest absolute Gasteiger partial charge is 0.454 e. The molecule has 0 spiro atoms. The van der Waals surface area contributed by atoms with Crippen LogP contribution in [0.1, 0.15) is 11.1 Å². The summed E-state index contributed by atoms with van der Waals surface area (Å²) in [6.45, 7) is 7.56. The first-order chi connectivity index (χ1) is 35.5. The SMILES string of the molecule is N#Cc1cc(Br)cc(-n2c3ccccc3c3ccc4oc5cccnc5c4c32)c1.[C-]#[N+]c1ccc2c(c1)c1ccccc1n2-c1cc(C#N)cc(-n2c3ccccc3c3ccc4oc5cccnc5c4c32)c1. The fourth-order valence-corrected chi connectivity index (χ4v) is 11.3. The van der Waals surface area contributed by atoms with Gasteiger partial charge in [0.25, 0.3) is 0 Å². The van der Waals surface area contributed by atoms with Crippen LogP contribution in [0.15, 0.2) is 202 Å². The van der Waals surface area contributed by atoms with E-state index in [9.17, 15) is 10.5 Å². The highest BCUT2D eigenvalue weighted by Gasteiger charge is 2.23. The van der Waals surface area contributed by atoms with Crippen LogP contribution in [-0.4, -0.2) is 23.7 Å². The van der Waals surface area contributed by atoms with Crippen molar-refractivity contribution in [1.82, 2.24) is 23.7 Å². The van der Waals surface area contributed by atoms with Gasteiger partial charge in [-0.3, -0.25) is 9.97 Å². The first-order valence-electron chi connectivity index (χ1n) is 23.0. The van der Waals surface area contributed by atoms with Crippen molar-refractivity contribution < 1.29 is 8.83 Å². The predicted octanol–water partition coefficient (Wildman–Crippen LogP) is 16.3. The molecule has 15 aromatic rings. The van der Waals surface area contributed by atoms with E-state index in [0.29, 0.717) is 16.8 Å². The highest BCUT2D eigenvalue weighted by Crippen LogP contribution is 2.43. The van der Waals surface area contributed by atoms with Crippen LogP contribution >= 0.6 is 15.9 Å². The number of rotatable bonds is 3. The summed E-state index contributed by atoms with van der Waals surface area (Å²) in [5.74, 6) is 0. The van der Waals surface area contributed by atoms with Gasteiger partial charge in [0.1, 0.15) is 22.2 Å². The molecular formula is C61H31BrN8O2. The molecule has 334 valence electrons. The van der Waals surface area contributed by atoms with Gasteiger partial charge in [0, 0.05) is 60.9 Å². The summed E-state index contributed by atoms with van der Waals surface area (Å²) >= 11 is 3.55. The molecule has 0 amide bonds. The third-order valence-corrected chi connectivity index (χ3v) is 14.1. The van der Waals surface area contributed by atoms with Crippen molar-refractivity contribution in [2.45, 2.75) is 0 Å². The number of benzene rings is 8. The van der Waals surface area contributed by atoms with Crippen LogP contribution in [0, 0.1) is 29.2 Å². The van der Waals surface area contributed by atoms with Crippen molar-refractivity contribution in [1.29, 1.82) is 10.5 Å². The first-order valence-corrected chi connectivity index (χ1v) is 23.8. The van der Waals surface area contributed by atoms with E-state index in [2.05, 4.69) is 112 Å². The van der Waals surface area contributed by atoms with Crippen LogP contribution in [0.5, 0.6) is 0 Å². The molecule has 0 unspecified atom stereocenters. The van der Waals surface area contributed by atoms with E-state index in [4.69, 9.17) is 20.4 Å². The predicted molar refractivity (Wildman–Crippen MR) is 289 cm³/mol. The van der Waals surface area contributed by atoms with Crippen LogP contribution in [0.3, 0.4) is 0 Å². The van der Waals surface area contributed by atoms with Gasteiger partial charge in [0.15, 0.2) is 16.9 Å². The summed E-state index contributed by atoms with van der Waals surface area (Å²) in [6.07, 6.45) is 3.58. The van der Waals surface area contributed by atoms with Crippen LogP contribution in [-0.2, 0) is 0 Å². The second-order valence-corrected chi connectivity index (χ2v) is 18.5. The number of para-hydroxylation sites is 3. The Bertz CT molecular complexity index is 4950. The monoisotopic (exact) mass is 986 g/mol. The van der Waals surface area contributed by atoms with E-state index in [-0.39, 0.29) is 0 Å². The first kappa shape index (κ1) is 41.0. The summed E-state index contributed by atoms with van der Waals surface area (Å²) in [6, 6.07) is 62.9. The molecule has 8 aromatic carbocycles. The Labute approximate surface area is 416 Å². The van der Waals surface area contributed by atoms with E-state index in [1.807, 2.05) is 115 Å². The van der Waals surface area contributed by atoms with Crippen LogP contribution < -0.4 is 0 Å². The standard InChI is InChI=1S/C37H19N5O.C24H12BrN3O/c1-39-23-12-14-32-29(19-23)27-8-3-4-9-30(27)41(32)24-17-22(21-38)18-25(20-24)42-31-10-5-2-7-26(31)28-13-15-33-35(37(28)42)36-34(43-33)11-6-16-40-36;25-15-10-14(13-26)11-16(12-15)28-19-5-2-1-4-17(19)18-7-8-20-22(24(18)28)23-21(29-20)6-3-9-27-23/h2-20H;1-12H. The van der Waals surface area contributed by atoms with E-state index in [0.717, 1.165) is 131 Å².